The fourth-order valence-corrected chi connectivity index (χ4v) is 3.19. The van der Waals surface area contributed by atoms with Crippen molar-refractivity contribution >= 4 is 15.7 Å². The Morgan fingerprint density at radius 2 is 2.21 bits per heavy atom. The maximum Gasteiger partial charge on any atom is 0.179 e. The summed E-state index contributed by atoms with van der Waals surface area (Å²) >= 11 is 0. The van der Waals surface area contributed by atoms with Gasteiger partial charge in [0, 0.05) is 25.5 Å². The minimum Gasteiger partial charge on any atom is -0.372 e. The average molecular weight is 284 g/mol. The molecular formula is C13H20N2O3S. The SMILES string of the molecule is CCC1CN(c2ncccc2S(C)(=O)=O)CC(C)O1. The third-order valence-corrected chi connectivity index (χ3v) is 4.35. The second-order valence-electron chi connectivity index (χ2n) is 4.98. The van der Waals surface area contributed by atoms with Gasteiger partial charge in [0.25, 0.3) is 0 Å². The van der Waals surface area contributed by atoms with E-state index in [1.807, 2.05) is 11.8 Å². The molecule has 0 spiro atoms. The van der Waals surface area contributed by atoms with Gasteiger partial charge in [-0.25, -0.2) is 13.4 Å². The van der Waals surface area contributed by atoms with Crippen molar-refractivity contribution < 1.29 is 13.2 Å². The van der Waals surface area contributed by atoms with Crippen LogP contribution in [0.5, 0.6) is 0 Å². The number of rotatable bonds is 3. The topological polar surface area (TPSA) is 59.5 Å². The highest BCUT2D eigenvalue weighted by Gasteiger charge is 2.28. The van der Waals surface area contributed by atoms with Crippen LogP contribution in [-0.2, 0) is 14.6 Å². The second kappa shape index (κ2) is 5.46. The minimum atomic E-state index is -3.27. The number of ether oxygens (including phenoxy) is 1. The number of sulfone groups is 1. The monoisotopic (exact) mass is 284 g/mol. The van der Waals surface area contributed by atoms with E-state index in [4.69, 9.17) is 4.74 Å². The van der Waals surface area contributed by atoms with Crippen molar-refractivity contribution in [3.8, 4) is 0 Å². The third-order valence-electron chi connectivity index (χ3n) is 3.23. The largest absolute Gasteiger partial charge is 0.372 e. The third kappa shape index (κ3) is 3.25. The molecule has 0 radical (unpaired) electrons. The first kappa shape index (κ1) is 14.3. The molecule has 1 aliphatic rings. The van der Waals surface area contributed by atoms with Crippen molar-refractivity contribution in [1.29, 1.82) is 0 Å². The molecule has 0 aromatic carbocycles. The lowest BCUT2D eigenvalue weighted by Crippen LogP contribution is -2.47. The van der Waals surface area contributed by atoms with Crippen molar-refractivity contribution in [2.24, 2.45) is 0 Å². The van der Waals surface area contributed by atoms with Crippen LogP contribution in [-0.4, -0.2) is 45.0 Å². The van der Waals surface area contributed by atoms with Crippen LogP contribution in [0.3, 0.4) is 0 Å². The standard InChI is InChI=1S/C13H20N2O3S/c1-4-11-9-15(8-10(2)18-11)13-12(19(3,16)17)6-5-7-14-13/h5-7,10-11H,4,8-9H2,1-3H3. The molecule has 1 saturated heterocycles. The Balaban J connectivity index is 2.36. The first-order valence-electron chi connectivity index (χ1n) is 6.47. The van der Waals surface area contributed by atoms with Crippen LogP contribution in [0.4, 0.5) is 5.82 Å². The first-order chi connectivity index (χ1) is 8.91. The average Bonchev–Trinajstić information content (AvgIpc) is 2.37. The van der Waals surface area contributed by atoms with Crippen molar-refractivity contribution in [2.45, 2.75) is 37.4 Å². The molecule has 2 unspecified atom stereocenters. The van der Waals surface area contributed by atoms with Gasteiger partial charge in [0.2, 0.25) is 0 Å². The van der Waals surface area contributed by atoms with Crippen LogP contribution in [0, 0.1) is 0 Å². The lowest BCUT2D eigenvalue weighted by Gasteiger charge is -2.37. The Morgan fingerprint density at radius 3 is 2.84 bits per heavy atom. The molecule has 1 aromatic heterocycles. The molecule has 2 rings (SSSR count). The molecule has 2 atom stereocenters. The highest BCUT2D eigenvalue weighted by molar-refractivity contribution is 7.90. The van der Waals surface area contributed by atoms with E-state index < -0.39 is 9.84 Å². The van der Waals surface area contributed by atoms with Crippen molar-refractivity contribution in [3.63, 3.8) is 0 Å². The number of anilines is 1. The van der Waals surface area contributed by atoms with E-state index in [1.165, 1.54) is 6.26 Å². The normalized spacial score (nSPS) is 24.5. The zero-order valence-corrected chi connectivity index (χ0v) is 12.4. The van der Waals surface area contributed by atoms with Crippen molar-refractivity contribution in [3.05, 3.63) is 18.3 Å². The van der Waals surface area contributed by atoms with Gasteiger partial charge in [-0.3, -0.25) is 0 Å². The van der Waals surface area contributed by atoms with Crippen molar-refractivity contribution in [2.75, 3.05) is 24.2 Å². The van der Waals surface area contributed by atoms with Gasteiger partial charge in [0.15, 0.2) is 9.84 Å². The number of hydrogen-bond acceptors (Lipinski definition) is 5. The summed E-state index contributed by atoms with van der Waals surface area (Å²) in [5.74, 6) is 0.540. The summed E-state index contributed by atoms with van der Waals surface area (Å²) in [7, 11) is -3.27. The molecule has 0 saturated carbocycles. The molecule has 0 aliphatic carbocycles. The highest BCUT2D eigenvalue weighted by atomic mass is 32.2. The fourth-order valence-electron chi connectivity index (χ4n) is 2.35. The Labute approximate surface area is 114 Å². The minimum absolute atomic E-state index is 0.0770. The molecule has 0 N–H and O–H groups in total. The van der Waals surface area contributed by atoms with Gasteiger partial charge >= 0.3 is 0 Å². The number of aromatic nitrogens is 1. The first-order valence-corrected chi connectivity index (χ1v) is 8.36. The predicted molar refractivity (Wildman–Crippen MR) is 74.2 cm³/mol. The van der Waals surface area contributed by atoms with Gasteiger partial charge in [-0.15, -0.1) is 0 Å². The fraction of sp³-hybridized carbons (Fsp3) is 0.615. The summed E-state index contributed by atoms with van der Waals surface area (Å²) < 4.78 is 29.5. The molecule has 1 aromatic rings. The molecule has 6 heteroatoms. The Morgan fingerprint density at radius 1 is 1.47 bits per heavy atom. The quantitative estimate of drug-likeness (QED) is 0.841. The van der Waals surface area contributed by atoms with Gasteiger partial charge in [-0.05, 0) is 25.5 Å². The Bertz CT molecular complexity index is 545. The van der Waals surface area contributed by atoms with Gasteiger partial charge in [-0.1, -0.05) is 6.92 Å². The molecular weight excluding hydrogens is 264 g/mol. The van der Waals surface area contributed by atoms with Crippen LogP contribution in [0.2, 0.25) is 0 Å². The summed E-state index contributed by atoms with van der Waals surface area (Å²) in [5.41, 5.74) is 0. The molecule has 5 nitrogen and oxygen atoms in total. The maximum atomic E-state index is 11.8. The summed E-state index contributed by atoms with van der Waals surface area (Å²) in [6.45, 7) is 5.41. The maximum absolute atomic E-state index is 11.8. The Hall–Kier alpha value is -1.14. The summed E-state index contributed by atoms with van der Waals surface area (Å²) in [6.07, 6.45) is 3.95. The second-order valence-corrected chi connectivity index (χ2v) is 6.96. The molecule has 2 heterocycles. The molecule has 0 amide bonds. The van der Waals surface area contributed by atoms with E-state index in [0.717, 1.165) is 6.42 Å². The lowest BCUT2D eigenvalue weighted by atomic mass is 10.2. The highest BCUT2D eigenvalue weighted by Crippen LogP contribution is 2.26. The van der Waals surface area contributed by atoms with Crippen LogP contribution in [0.25, 0.3) is 0 Å². The van der Waals surface area contributed by atoms with Gasteiger partial charge in [-0.2, -0.15) is 0 Å². The predicted octanol–water partition coefficient (Wildman–Crippen LogP) is 1.49. The number of nitrogens with zero attached hydrogens (tertiary/aromatic N) is 2. The lowest BCUT2D eigenvalue weighted by molar-refractivity contribution is -0.0176. The number of morpholine rings is 1. The molecule has 1 fully saturated rings. The van der Waals surface area contributed by atoms with E-state index in [-0.39, 0.29) is 12.2 Å². The van der Waals surface area contributed by atoms with E-state index in [2.05, 4.69) is 11.9 Å². The molecule has 19 heavy (non-hydrogen) atoms. The van der Waals surface area contributed by atoms with E-state index >= 15 is 0 Å². The molecule has 1 aliphatic heterocycles. The summed E-state index contributed by atoms with van der Waals surface area (Å²) in [5, 5.41) is 0. The molecule has 106 valence electrons. The van der Waals surface area contributed by atoms with Crippen LogP contribution >= 0.6 is 0 Å². The molecule has 0 bridgehead atoms. The van der Waals surface area contributed by atoms with Crippen LogP contribution in [0.1, 0.15) is 20.3 Å². The zero-order chi connectivity index (χ0) is 14.0. The van der Waals surface area contributed by atoms with E-state index in [0.29, 0.717) is 23.8 Å². The summed E-state index contributed by atoms with van der Waals surface area (Å²) in [6, 6.07) is 3.26. The van der Waals surface area contributed by atoms with Crippen LogP contribution in [0.15, 0.2) is 23.2 Å². The summed E-state index contributed by atoms with van der Waals surface area (Å²) in [4.78, 5) is 6.57. The zero-order valence-electron chi connectivity index (χ0n) is 11.5. The van der Waals surface area contributed by atoms with Crippen LogP contribution < -0.4 is 4.90 Å². The Kier molecular flexibility index (Phi) is 4.10. The van der Waals surface area contributed by atoms with Gasteiger partial charge < -0.3 is 9.64 Å². The van der Waals surface area contributed by atoms with E-state index in [1.54, 1.807) is 18.3 Å². The number of hydrogen-bond donors (Lipinski definition) is 0. The smallest absolute Gasteiger partial charge is 0.179 e. The van der Waals surface area contributed by atoms with Gasteiger partial charge in [0.05, 0.1) is 12.2 Å². The van der Waals surface area contributed by atoms with E-state index in [9.17, 15) is 8.42 Å². The number of pyridine rings is 1. The van der Waals surface area contributed by atoms with Gasteiger partial charge in [0.1, 0.15) is 10.7 Å². The van der Waals surface area contributed by atoms with Crippen molar-refractivity contribution in [1.82, 2.24) is 4.98 Å².